The highest BCUT2D eigenvalue weighted by Gasteiger charge is 2.19. The van der Waals surface area contributed by atoms with Crippen LogP contribution in [0.3, 0.4) is 0 Å². The molecule has 0 saturated heterocycles. The molecule has 2 N–H and O–H groups in total. The van der Waals surface area contributed by atoms with E-state index in [2.05, 4.69) is 6.92 Å². The Balaban J connectivity index is 3.29. The van der Waals surface area contributed by atoms with Crippen molar-refractivity contribution in [3.8, 4) is 0 Å². The van der Waals surface area contributed by atoms with Crippen molar-refractivity contribution in [3.63, 3.8) is 0 Å². The average Bonchev–Trinajstić information content (AvgIpc) is 2.54. The zero-order valence-corrected chi connectivity index (χ0v) is 17.4. The summed E-state index contributed by atoms with van der Waals surface area (Å²) in [6.07, 6.45) is 17.2. The van der Waals surface area contributed by atoms with Crippen LogP contribution in [0.15, 0.2) is 0 Å². The smallest absolute Gasteiger partial charge is 0.267 e. The molecular formula is C20H42O4S. The second-order valence-corrected chi connectivity index (χ2v) is 9.15. The van der Waals surface area contributed by atoms with Crippen molar-refractivity contribution in [2.75, 3.05) is 0 Å². The molecule has 0 bridgehead atoms. The summed E-state index contributed by atoms with van der Waals surface area (Å²) in [7, 11) is -3.85. The number of rotatable bonds is 18. The van der Waals surface area contributed by atoms with Crippen LogP contribution in [0.5, 0.6) is 0 Å². The fourth-order valence-corrected chi connectivity index (χ4v) is 4.27. The van der Waals surface area contributed by atoms with E-state index in [1.165, 1.54) is 44.9 Å². The summed E-state index contributed by atoms with van der Waals surface area (Å²) in [5.74, 6) is 0. The maximum absolute atomic E-state index is 11.1. The molecule has 152 valence electrons. The Hall–Kier alpha value is -0.130. The van der Waals surface area contributed by atoms with Crippen molar-refractivity contribution in [1.29, 1.82) is 0 Å². The molecule has 0 aliphatic carbocycles. The third-order valence-corrected chi connectivity index (χ3v) is 6.47. The van der Waals surface area contributed by atoms with Gasteiger partial charge in [-0.3, -0.25) is 4.55 Å². The monoisotopic (exact) mass is 378 g/mol. The largest absolute Gasteiger partial charge is 0.393 e. The second kappa shape index (κ2) is 16.1. The first kappa shape index (κ1) is 24.9. The van der Waals surface area contributed by atoms with Crippen molar-refractivity contribution in [2.24, 2.45) is 0 Å². The molecule has 0 heterocycles. The van der Waals surface area contributed by atoms with Gasteiger partial charge in [-0.05, 0) is 25.7 Å². The minimum atomic E-state index is -3.85. The summed E-state index contributed by atoms with van der Waals surface area (Å²) in [5.41, 5.74) is 0. The van der Waals surface area contributed by atoms with Gasteiger partial charge in [0.15, 0.2) is 0 Å². The van der Waals surface area contributed by atoms with E-state index in [9.17, 15) is 13.5 Å². The summed E-state index contributed by atoms with van der Waals surface area (Å²) < 4.78 is 31.3. The molecule has 0 saturated carbocycles. The van der Waals surface area contributed by atoms with Gasteiger partial charge in [-0.1, -0.05) is 90.9 Å². The molecular weight excluding hydrogens is 336 g/mol. The van der Waals surface area contributed by atoms with Crippen LogP contribution in [0.2, 0.25) is 0 Å². The Morgan fingerprint density at radius 1 is 0.680 bits per heavy atom. The molecule has 0 aliphatic rings. The van der Waals surface area contributed by atoms with E-state index >= 15 is 0 Å². The molecule has 0 amide bonds. The fourth-order valence-electron chi connectivity index (χ4n) is 3.38. The van der Waals surface area contributed by atoms with Gasteiger partial charge in [-0.25, -0.2) is 0 Å². The van der Waals surface area contributed by atoms with Crippen LogP contribution in [-0.2, 0) is 10.1 Å². The van der Waals surface area contributed by atoms with E-state index in [0.717, 1.165) is 44.9 Å². The summed E-state index contributed by atoms with van der Waals surface area (Å²) in [6.45, 7) is 3.93. The number of aliphatic hydroxyl groups excluding tert-OH is 1. The van der Waals surface area contributed by atoms with Crippen LogP contribution in [0.4, 0.5) is 0 Å². The minimum Gasteiger partial charge on any atom is -0.393 e. The van der Waals surface area contributed by atoms with Crippen LogP contribution in [0.1, 0.15) is 117 Å². The van der Waals surface area contributed by atoms with E-state index in [1.54, 1.807) is 0 Å². The maximum atomic E-state index is 11.1. The molecule has 0 radical (unpaired) electrons. The molecule has 5 heteroatoms. The van der Waals surface area contributed by atoms with Gasteiger partial charge in [0, 0.05) is 0 Å². The Labute approximate surface area is 156 Å². The van der Waals surface area contributed by atoms with Gasteiger partial charge in [0.2, 0.25) is 0 Å². The van der Waals surface area contributed by atoms with Crippen molar-refractivity contribution in [3.05, 3.63) is 0 Å². The van der Waals surface area contributed by atoms with E-state index in [0.29, 0.717) is 12.8 Å². The number of unbranched alkanes of at least 4 members (excludes halogenated alkanes) is 10. The molecule has 25 heavy (non-hydrogen) atoms. The minimum absolute atomic E-state index is 0.0879. The van der Waals surface area contributed by atoms with Gasteiger partial charge >= 0.3 is 0 Å². The quantitative estimate of drug-likeness (QED) is 0.230. The van der Waals surface area contributed by atoms with Crippen molar-refractivity contribution >= 4 is 10.1 Å². The Morgan fingerprint density at radius 3 is 1.44 bits per heavy atom. The highest BCUT2D eigenvalue weighted by atomic mass is 32.2. The number of hydrogen-bond donors (Lipinski definition) is 2. The average molecular weight is 379 g/mol. The fraction of sp³-hybridized carbons (Fsp3) is 1.00. The summed E-state index contributed by atoms with van der Waals surface area (Å²) in [4.78, 5) is 0. The molecule has 0 rings (SSSR count). The van der Waals surface area contributed by atoms with Gasteiger partial charge in [-0.2, -0.15) is 8.42 Å². The Bertz CT molecular complexity index is 381. The second-order valence-electron chi connectivity index (χ2n) is 7.45. The third kappa shape index (κ3) is 15.8. The van der Waals surface area contributed by atoms with Crippen LogP contribution >= 0.6 is 0 Å². The molecule has 4 nitrogen and oxygen atoms in total. The van der Waals surface area contributed by atoms with Gasteiger partial charge < -0.3 is 5.11 Å². The van der Waals surface area contributed by atoms with Gasteiger partial charge in [0.1, 0.15) is 0 Å². The standard InChI is InChI=1S/C20H42O4S/c1-3-16-19(21)17-14-12-10-8-6-5-7-9-11-13-15-18-20(4-2)25(22,23)24/h19-21H,3-18H2,1-2H3,(H,22,23,24). The lowest BCUT2D eigenvalue weighted by Gasteiger charge is -2.10. The first-order chi connectivity index (χ1) is 11.9. The molecule has 0 aromatic heterocycles. The molecule has 0 aromatic rings. The summed E-state index contributed by atoms with van der Waals surface area (Å²) in [5, 5.41) is 9.08. The number of hydrogen-bond acceptors (Lipinski definition) is 3. The van der Waals surface area contributed by atoms with Crippen LogP contribution in [-0.4, -0.2) is 29.4 Å². The first-order valence-electron chi connectivity index (χ1n) is 10.6. The third-order valence-electron chi connectivity index (χ3n) is 5.06. The van der Waals surface area contributed by atoms with Crippen molar-refractivity contribution < 1.29 is 18.1 Å². The normalized spacial score (nSPS) is 14.6. The Morgan fingerprint density at radius 2 is 1.08 bits per heavy atom. The predicted molar refractivity (Wildman–Crippen MR) is 107 cm³/mol. The van der Waals surface area contributed by atoms with E-state index in [4.69, 9.17) is 4.55 Å². The van der Waals surface area contributed by atoms with Gasteiger partial charge in [0.25, 0.3) is 10.1 Å². The van der Waals surface area contributed by atoms with Crippen LogP contribution in [0.25, 0.3) is 0 Å². The van der Waals surface area contributed by atoms with Crippen LogP contribution < -0.4 is 0 Å². The van der Waals surface area contributed by atoms with Gasteiger partial charge in [0.05, 0.1) is 11.4 Å². The lowest BCUT2D eigenvalue weighted by molar-refractivity contribution is 0.150. The number of aliphatic hydroxyl groups is 1. The lowest BCUT2D eigenvalue weighted by atomic mass is 10.0. The summed E-state index contributed by atoms with van der Waals surface area (Å²) in [6, 6.07) is 0. The highest BCUT2D eigenvalue weighted by molar-refractivity contribution is 7.86. The first-order valence-corrected chi connectivity index (χ1v) is 12.1. The molecule has 2 atom stereocenters. The molecule has 0 aromatic carbocycles. The Kier molecular flexibility index (Phi) is 16.0. The summed E-state index contributed by atoms with van der Waals surface area (Å²) >= 11 is 0. The van der Waals surface area contributed by atoms with Crippen molar-refractivity contribution in [2.45, 2.75) is 128 Å². The van der Waals surface area contributed by atoms with Gasteiger partial charge in [-0.15, -0.1) is 0 Å². The topological polar surface area (TPSA) is 74.6 Å². The highest BCUT2D eigenvalue weighted by Crippen LogP contribution is 2.16. The molecule has 0 fully saturated rings. The predicted octanol–water partition coefficient (Wildman–Crippen LogP) is 5.89. The lowest BCUT2D eigenvalue weighted by Crippen LogP contribution is -2.19. The SMILES string of the molecule is CCCC(O)CCCCCCCCCCCCCC(CC)S(=O)(=O)O. The molecule has 2 unspecified atom stereocenters. The maximum Gasteiger partial charge on any atom is 0.267 e. The van der Waals surface area contributed by atoms with E-state index in [-0.39, 0.29) is 6.10 Å². The van der Waals surface area contributed by atoms with E-state index in [1.807, 2.05) is 6.92 Å². The molecule has 0 spiro atoms. The zero-order chi connectivity index (χ0) is 19.0. The van der Waals surface area contributed by atoms with Crippen molar-refractivity contribution in [1.82, 2.24) is 0 Å². The zero-order valence-electron chi connectivity index (χ0n) is 16.6. The van der Waals surface area contributed by atoms with Crippen LogP contribution in [0, 0.1) is 0 Å². The molecule has 0 aliphatic heterocycles. The van der Waals surface area contributed by atoms with E-state index < -0.39 is 15.4 Å².